The maximum absolute atomic E-state index is 12.6. The summed E-state index contributed by atoms with van der Waals surface area (Å²) < 4.78 is 5.84. The molecule has 5 nitrogen and oxygen atoms in total. The van der Waals surface area contributed by atoms with Crippen molar-refractivity contribution in [3.8, 4) is 11.5 Å². The van der Waals surface area contributed by atoms with Crippen LogP contribution in [0.1, 0.15) is 5.56 Å². The maximum atomic E-state index is 12.6. The fourth-order valence-electron chi connectivity index (χ4n) is 3.03. The molecule has 7 heteroatoms. The second-order valence-electron chi connectivity index (χ2n) is 6.37. The van der Waals surface area contributed by atoms with Gasteiger partial charge < -0.3 is 9.84 Å². The van der Waals surface area contributed by atoms with Gasteiger partial charge in [-0.3, -0.25) is 14.5 Å². The van der Waals surface area contributed by atoms with Gasteiger partial charge in [-0.15, -0.1) is 0 Å². The van der Waals surface area contributed by atoms with Crippen LogP contribution in [0, 0.1) is 0 Å². The lowest BCUT2D eigenvalue weighted by Gasteiger charge is -2.14. The van der Waals surface area contributed by atoms with Crippen molar-refractivity contribution in [1.29, 1.82) is 0 Å². The van der Waals surface area contributed by atoms with E-state index >= 15 is 0 Å². The average Bonchev–Trinajstić information content (AvgIpc) is 2.98. The molecule has 146 valence electrons. The molecule has 1 aliphatic heterocycles. The van der Waals surface area contributed by atoms with Crippen LogP contribution in [0.5, 0.6) is 11.5 Å². The number of fused-ring (bicyclic) bond motifs is 1. The molecule has 1 aliphatic rings. The van der Waals surface area contributed by atoms with E-state index in [-0.39, 0.29) is 35.1 Å². The molecule has 0 spiro atoms. The lowest BCUT2D eigenvalue weighted by molar-refractivity contribution is -0.123. The largest absolute Gasteiger partial charge is 0.506 e. The first-order valence-corrected chi connectivity index (χ1v) is 10.1. The smallest absolute Gasteiger partial charge is 0.293 e. The van der Waals surface area contributed by atoms with Crippen molar-refractivity contribution < 1.29 is 19.4 Å². The number of carbonyl (C=O) groups excluding carboxylic acids is 2. The zero-order chi connectivity index (χ0) is 20.4. The van der Waals surface area contributed by atoms with Crippen LogP contribution >= 0.6 is 23.4 Å². The molecule has 0 aliphatic carbocycles. The summed E-state index contributed by atoms with van der Waals surface area (Å²) in [6, 6.07) is 18.2. The van der Waals surface area contributed by atoms with Gasteiger partial charge in [0.1, 0.15) is 18.1 Å². The zero-order valence-electron chi connectivity index (χ0n) is 15.2. The third-order valence-electron chi connectivity index (χ3n) is 4.47. The van der Waals surface area contributed by atoms with Gasteiger partial charge in [-0.05, 0) is 47.0 Å². The number of halogens is 1. The van der Waals surface area contributed by atoms with E-state index in [0.717, 1.165) is 22.5 Å². The molecule has 0 saturated carbocycles. The van der Waals surface area contributed by atoms with Crippen molar-refractivity contribution in [3.05, 3.63) is 76.2 Å². The third-order valence-corrected chi connectivity index (χ3v) is 5.68. The van der Waals surface area contributed by atoms with Crippen molar-refractivity contribution in [2.45, 2.75) is 0 Å². The number of aromatic hydroxyl groups is 1. The molecule has 2 amide bonds. The minimum atomic E-state index is -0.370. The van der Waals surface area contributed by atoms with E-state index in [4.69, 9.17) is 16.3 Å². The summed E-state index contributed by atoms with van der Waals surface area (Å²) in [6.45, 7) is 0.353. The molecule has 3 aromatic rings. The lowest BCUT2D eigenvalue weighted by atomic mass is 10.1. The topological polar surface area (TPSA) is 66.8 Å². The fraction of sp³-hybridized carbons (Fsp3) is 0.0909. The minimum absolute atomic E-state index is 0.0393. The molecule has 0 atom stereocenters. The normalized spacial score (nSPS) is 15.5. The Morgan fingerprint density at radius 2 is 1.86 bits per heavy atom. The SMILES string of the molecule is O=C1S/C(=C\c2ccc(O)c(Cl)c2)C(=O)N1CCOc1cccc2ccccc12. The van der Waals surface area contributed by atoms with E-state index in [1.165, 1.54) is 17.0 Å². The van der Waals surface area contributed by atoms with Crippen LogP contribution in [-0.2, 0) is 4.79 Å². The lowest BCUT2D eigenvalue weighted by Crippen LogP contribution is -2.32. The molecule has 1 N–H and O–H groups in total. The molecule has 3 aromatic carbocycles. The van der Waals surface area contributed by atoms with E-state index in [1.807, 2.05) is 42.5 Å². The number of thioether (sulfide) groups is 1. The highest BCUT2D eigenvalue weighted by Gasteiger charge is 2.34. The number of amides is 2. The van der Waals surface area contributed by atoms with Crippen LogP contribution in [0.4, 0.5) is 4.79 Å². The standard InChI is InChI=1S/C22H16ClNO4S/c23-17-12-14(8-9-18(17)25)13-20-21(26)24(22(27)29-20)10-11-28-19-7-3-5-15-4-1-2-6-16(15)19/h1-9,12-13,25H,10-11H2/b20-13-. The predicted molar refractivity (Wildman–Crippen MR) is 115 cm³/mol. The maximum Gasteiger partial charge on any atom is 0.293 e. The number of phenols is 1. The molecule has 0 bridgehead atoms. The van der Waals surface area contributed by atoms with Crippen LogP contribution in [0.25, 0.3) is 16.8 Å². The molecule has 29 heavy (non-hydrogen) atoms. The average molecular weight is 426 g/mol. The van der Waals surface area contributed by atoms with Crippen LogP contribution in [0.2, 0.25) is 5.02 Å². The molecule has 1 heterocycles. The van der Waals surface area contributed by atoms with Gasteiger partial charge in [0, 0.05) is 5.39 Å². The highest BCUT2D eigenvalue weighted by Crippen LogP contribution is 2.33. The van der Waals surface area contributed by atoms with Gasteiger partial charge in [0.15, 0.2) is 0 Å². The van der Waals surface area contributed by atoms with Crippen molar-refractivity contribution in [3.63, 3.8) is 0 Å². The Morgan fingerprint density at radius 3 is 2.69 bits per heavy atom. The second-order valence-corrected chi connectivity index (χ2v) is 7.77. The van der Waals surface area contributed by atoms with E-state index in [2.05, 4.69) is 0 Å². The highest BCUT2D eigenvalue weighted by molar-refractivity contribution is 8.18. The molecule has 0 aromatic heterocycles. The number of hydrogen-bond acceptors (Lipinski definition) is 5. The molecule has 0 unspecified atom stereocenters. The Kier molecular flexibility index (Phi) is 5.47. The van der Waals surface area contributed by atoms with Gasteiger partial charge in [-0.2, -0.15) is 0 Å². The number of carbonyl (C=O) groups is 2. The van der Waals surface area contributed by atoms with E-state index in [1.54, 1.807) is 12.1 Å². The quantitative estimate of drug-likeness (QED) is 0.561. The first-order valence-electron chi connectivity index (χ1n) is 8.87. The van der Waals surface area contributed by atoms with Crippen molar-refractivity contribution in [2.75, 3.05) is 13.2 Å². The third kappa shape index (κ3) is 4.09. The van der Waals surface area contributed by atoms with Crippen LogP contribution in [-0.4, -0.2) is 34.3 Å². The Bertz CT molecular complexity index is 1140. The van der Waals surface area contributed by atoms with Gasteiger partial charge in [-0.1, -0.05) is 54.1 Å². The van der Waals surface area contributed by atoms with Crippen LogP contribution < -0.4 is 4.74 Å². The number of phenolic OH excluding ortho intramolecular Hbond substituents is 1. The van der Waals surface area contributed by atoms with Crippen molar-refractivity contribution >= 4 is 51.4 Å². The Labute approximate surface area is 176 Å². The Balaban J connectivity index is 1.44. The molecular formula is C22H16ClNO4S. The summed E-state index contributed by atoms with van der Waals surface area (Å²) in [5.41, 5.74) is 0.630. The first kappa shape index (κ1) is 19.4. The number of rotatable bonds is 5. The van der Waals surface area contributed by atoms with Crippen LogP contribution in [0.15, 0.2) is 65.6 Å². The van der Waals surface area contributed by atoms with Gasteiger partial charge in [0.25, 0.3) is 11.1 Å². The molecule has 4 rings (SSSR count). The molecule has 0 radical (unpaired) electrons. The zero-order valence-corrected chi connectivity index (χ0v) is 16.7. The monoisotopic (exact) mass is 425 g/mol. The van der Waals surface area contributed by atoms with Gasteiger partial charge in [0.05, 0.1) is 16.5 Å². The number of hydrogen-bond donors (Lipinski definition) is 1. The number of ether oxygens (including phenoxy) is 1. The Morgan fingerprint density at radius 1 is 1.07 bits per heavy atom. The second kappa shape index (κ2) is 8.19. The van der Waals surface area contributed by atoms with E-state index in [9.17, 15) is 14.7 Å². The predicted octanol–water partition coefficient (Wildman–Crippen LogP) is 5.31. The van der Waals surface area contributed by atoms with E-state index in [0.29, 0.717) is 16.2 Å². The van der Waals surface area contributed by atoms with Gasteiger partial charge >= 0.3 is 0 Å². The number of benzene rings is 3. The summed E-state index contributed by atoms with van der Waals surface area (Å²) >= 11 is 6.77. The van der Waals surface area contributed by atoms with Crippen molar-refractivity contribution in [1.82, 2.24) is 4.90 Å². The fourth-order valence-corrected chi connectivity index (χ4v) is 4.08. The van der Waals surface area contributed by atoms with Crippen molar-refractivity contribution in [2.24, 2.45) is 0 Å². The number of nitrogens with zero attached hydrogens (tertiary/aromatic N) is 1. The summed E-state index contributed by atoms with van der Waals surface area (Å²) in [5, 5.41) is 11.4. The minimum Gasteiger partial charge on any atom is -0.506 e. The van der Waals surface area contributed by atoms with Gasteiger partial charge in [-0.25, -0.2) is 0 Å². The summed E-state index contributed by atoms with van der Waals surface area (Å²) in [4.78, 5) is 26.3. The molecule has 1 saturated heterocycles. The molecule has 1 fully saturated rings. The first-order chi connectivity index (χ1) is 14.0. The summed E-state index contributed by atoms with van der Waals surface area (Å²) in [7, 11) is 0. The van der Waals surface area contributed by atoms with Gasteiger partial charge in [0.2, 0.25) is 0 Å². The molecular weight excluding hydrogens is 410 g/mol. The number of imide groups is 1. The summed E-state index contributed by atoms with van der Waals surface area (Å²) in [6.07, 6.45) is 1.59. The van der Waals surface area contributed by atoms with Crippen LogP contribution in [0.3, 0.4) is 0 Å². The van der Waals surface area contributed by atoms with E-state index < -0.39 is 0 Å². The summed E-state index contributed by atoms with van der Waals surface area (Å²) in [5.74, 6) is 0.303. The Hall–Kier alpha value is -2.96. The highest BCUT2D eigenvalue weighted by atomic mass is 35.5.